The Morgan fingerprint density at radius 2 is 0.897 bits per heavy atom. The molecule has 2 unspecified atom stereocenters. The molecule has 0 fully saturated rings. The van der Waals surface area contributed by atoms with Gasteiger partial charge in [-0.25, -0.2) is 19.6 Å². The molecule has 6 N–H and O–H groups in total. The first-order chi connectivity index (χ1) is 32.6. The zero-order valence-corrected chi connectivity index (χ0v) is 39.7. The molecule has 0 saturated heterocycles. The summed E-state index contributed by atoms with van der Waals surface area (Å²) in [5, 5.41) is 11.3. The lowest BCUT2D eigenvalue weighted by Gasteiger charge is -2.23. The van der Waals surface area contributed by atoms with Crippen molar-refractivity contribution in [2.75, 3.05) is 13.1 Å². The normalized spacial score (nSPS) is 12.1. The second kappa shape index (κ2) is 23.7. The quantitative estimate of drug-likeness (QED) is 0.0363. The van der Waals surface area contributed by atoms with E-state index >= 15 is 0 Å². The van der Waals surface area contributed by atoms with Crippen LogP contribution in [0.1, 0.15) is 113 Å². The Labute approximate surface area is 398 Å². The van der Waals surface area contributed by atoms with Crippen LogP contribution in [0, 0.1) is 11.8 Å². The molecule has 68 heavy (non-hydrogen) atoms. The number of aromatic amines is 2. The first-order valence-corrected chi connectivity index (χ1v) is 23.0. The minimum atomic E-state index is -0.869. The summed E-state index contributed by atoms with van der Waals surface area (Å²) >= 11 is 0. The van der Waals surface area contributed by atoms with Gasteiger partial charge in [-0.15, -0.1) is 0 Å². The van der Waals surface area contributed by atoms with E-state index in [-0.39, 0.29) is 11.8 Å². The van der Waals surface area contributed by atoms with E-state index in [2.05, 4.69) is 53.0 Å². The Hall–Kier alpha value is -7.66. The average Bonchev–Trinajstić information content (AvgIpc) is 3.99. The second-order valence-corrected chi connectivity index (χ2v) is 18.4. The van der Waals surface area contributed by atoms with Gasteiger partial charge < -0.3 is 40.7 Å². The molecule has 0 saturated carbocycles. The number of H-pyrrole nitrogens is 2. The number of carbonyl (C=O) groups is 4. The number of aryl methyl sites for hydroxylation is 2. The highest BCUT2D eigenvalue weighted by atomic mass is 16.6. The summed E-state index contributed by atoms with van der Waals surface area (Å²) in [7, 11) is 0. The minimum Gasteiger partial charge on any atom is -0.444 e. The number of nitrogens with zero attached hydrogens (tertiary/aromatic N) is 2. The van der Waals surface area contributed by atoms with Crippen LogP contribution in [0.15, 0.2) is 122 Å². The number of hydrogen-bond acceptors (Lipinski definition) is 8. The third kappa shape index (κ3) is 16.0. The van der Waals surface area contributed by atoms with Gasteiger partial charge in [-0.1, -0.05) is 96.8 Å². The Kier molecular flexibility index (Phi) is 17.3. The van der Waals surface area contributed by atoms with E-state index in [0.717, 1.165) is 83.8 Å². The van der Waals surface area contributed by atoms with Crippen LogP contribution in [-0.4, -0.2) is 68.2 Å². The van der Waals surface area contributed by atoms with Gasteiger partial charge in [0, 0.05) is 37.1 Å². The molecule has 354 valence electrons. The van der Waals surface area contributed by atoms with Crippen LogP contribution in [-0.2, 0) is 31.9 Å². The molecule has 2 heterocycles. The first-order valence-electron chi connectivity index (χ1n) is 23.0. The van der Waals surface area contributed by atoms with E-state index < -0.39 is 35.5 Å². The van der Waals surface area contributed by atoms with Crippen LogP contribution in [0.25, 0.3) is 22.5 Å². The predicted molar refractivity (Wildman–Crippen MR) is 263 cm³/mol. The average molecular weight is 919 g/mol. The molecule has 0 aliphatic carbocycles. The number of imidazole rings is 2. The summed E-state index contributed by atoms with van der Waals surface area (Å²) < 4.78 is 10.8. The number of aromatic nitrogens is 4. The van der Waals surface area contributed by atoms with Crippen molar-refractivity contribution in [3.8, 4) is 34.4 Å². The number of benzene rings is 4. The van der Waals surface area contributed by atoms with Gasteiger partial charge in [0.25, 0.3) is 0 Å². The molecule has 6 rings (SSSR count). The lowest BCUT2D eigenvalue weighted by Crippen LogP contribution is -2.42. The van der Waals surface area contributed by atoms with Crippen LogP contribution in [0.3, 0.4) is 0 Å². The van der Waals surface area contributed by atoms with Gasteiger partial charge in [-0.2, -0.15) is 0 Å². The zero-order chi connectivity index (χ0) is 48.5. The lowest BCUT2D eigenvalue weighted by molar-refractivity contribution is -0.124. The fraction of sp³-hybridized carbons (Fsp3) is 0.333. The molecule has 14 nitrogen and oxygen atoms in total. The third-order valence-corrected chi connectivity index (χ3v) is 10.4. The maximum Gasteiger partial charge on any atom is 0.408 e. The summed E-state index contributed by atoms with van der Waals surface area (Å²) in [4.78, 5) is 67.2. The molecule has 2 atom stereocenters. The molecular weight excluding hydrogens is 857 g/mol. The highest BCUT2D eigenvalue weighted by Gasteiger charge is 2.27. The maximum absolute atomic E-state index is 13.1. The molecule has 0 aliphatic rings. The lowest BCUT2D eigenvalue weighted by atomic mass is 10.1. The molecule has 4 amide bonds. The molecule has 4 aromatic carbocycles. The Morgan fingerprint density at radius 1 is 0.529 bits per heavy atom. The van der Waals surface area contributed by atoms with E-state index in [1.54, 1.807) is 65.8 Å². The van der Waals surface area contributed by atoms with E-state index in [0.29, 0.717) is 24.2 Å². The molecule has 0 bridgehead atoms. The topological polar surface area (TPSA) is 192 Å². The first kappa shape index (κ1) is 49.8. The van der Waals surface area contributed by atoms with Crippen LogP contribution in [0.4, 0.5) is 9.59 Å². The third-order valence-electron chi connectivity index (χ3n) is 10.4. The maximum atomic E-state index is 13.1. The van der Waals surface area contributed by atoms with E-state index in [4.69, 9.17) is 9.47 Å². The highest BCUT2D eigenvalue weighted by molar-refractivity contribution is 5.87. The van der Waals surface area contributed by atoms with Crippen molar-refractivity contribution >= 4 is 24.0 Å². The van der Waals surface area contributed by atoms with Crippen molar-refractivity contribution in [1.82, 2.24) is 41.2 Å². The molecule has 6 aromatic rings. The van der Waals surface area contributed by atoms with Crippen LogP contribution >= 0.6 is 0 Å². The minimum absolute atomic E-state index is 0.299. The number of carbonyl (C=O) groups excluding carboxylic acids is 4. The zero-order valence-electron chi connectivity index (χ0n) is 39.7. The van der Waals surface area contributed by atoms with Crippen LogP contribution in [0.5, 0.6) is 0 Å². The molecule has 14 heteroatoms. The SMILES string of the molecule is CC(C)(C)OC(=O)NC(C(=O)NCCCCc1ncc(-c2ccc(C#Cc3ccc(-c4cnc(CCCCNC(=O)C(NC(=O)OC(C)(C)C)c5ccccc5)[nH]4)cc3)cc2)[nH]1)c1ccccc1. The molecule has 0 aliphatic heterocycles. The van der Waals surface area contributed by atoms with Crippen molar-refractivity contribution in [3.63, 3.8) is 0 Å². The predicted octanol–water partition coefficient (Wildman–Crippen LogP) is 9.28. The number of amides is 4. The van der Waals surface area contributed by atoms with Gasteiger partial charge in [0.05, 0.1) is 23.8 Å². The van der Waals surface area contributed by atoms with E-state index in [1.165, 1.54) is 0 Å². The van der Waals surface area contributed by atoms with E-state index in [1.807, 2.05) is 97.3 Å². The van der Waals surface area contributed by atoms with Gasteiger partial charge in [-0.3, -0.25) is 9.59 Å². The van der Waals surface area contributed by atoms with Gasteiger partial charge in [-0.05, 0) is 114 Å². The number of hydrogen-bond donors (Lipinski definition) is 6. The standard InChI is InChI=1S/C54H62N8O6/c1-53(2,3)67-51(65)61-47(41-17-9-7-10-18-41)49(63)55-33-15-13-21-45-57-35-43(59-45)39-29-25-37(26-30-39)23-24-38-27-31-40(32-28-38)44-36-58-46(60-44)22-14-16-34-56-50(64)48(42-19-11-8-12-20-42)62-52(66)68-54(4,5)6/h7-12,17-20,25-32,35-36,47-48H,13-16,21-22,33-34H2,1-6H3,(H,55,63)(H,56,64)(H,57,59)(H,58,60)(H,61,65)(H,62,66). The van der Waals surface area contributed by atoms with E-state index in [9.17, 15) is 19.2 Å². The van der Waals surface area contributed by atoms with Gasteiger partial charge >= 0.3 is 12.2 Å². The summed E-state index contributed by atoms with van der Waals surface area (Å²) in [5.41, 5.74) is 5.59. The summed E-state index contributed by atoms with van der Waals surface area (Å²) in [6.07, 6.45) is 6.88. The summed E-state index contributed by atoms with van der Waals surface area (Å²) in [5.74, 6) is 7.64. The molecule has 2 aromatic heterocycles. The number of alkyl carbamates (subject to hydrolysis) is 2. The summed E-state index contributed by atoms with van der Waals surface area (Å²) in [6, 6.07) is 32.5. The Bertz CT molecular complexity index is 2450. The van der Waals surface area contributed by atoms with Crippen molar-refractivity contribution in [2.24, 2.45) is 0 Å². The van der Waals surface area contributed by atoms with Gasteiger partial charge in [0.2, 0.25) is 11.8 Å². The number of nitrogens with one attached hydrogen (secondary N) is 6. The smallest absolute Gasteiger partial charge is 0.408 e. The summed E-state index contributed by atoms with van der Waals surface area (Å²) in [6.45, 7) is 11.6. The van der Waals surface area contributed by atoms with Crippen LogP contribution < -0.4 is 21.3 Å². The molecule has 0 spiro atoms. The van der Waals surface area contributed by atoms with Gasteiger partial charge in [0.1, 0.15) is 34.9 Å². The van der Waals surface area contributed by atoms with Crippen molar-refractivity contribution in [1.29, 1.82) is 0 Å². The monoisotopic (exact) mass is 918 g/mol. The van der Waals surface area contributed by atoms with Crippen molar-refractivity contribution < 1.29 is 28.7 Å². The Morgan fingerprint density at radius 3 is 1.25 bits per heavy atom. The molecule has 0 radical (unpaired) electrons. The fourth-order valence-electron chi connectivity index (χ4n) is 7.09. The highest BCUT2D eigenvalue weighted by Crippen LogP contribution is 2.21. The Balaban J connectivity index is 0.907. The molecular formula is C54H62N8O6. The second-order valence-electron chi connectivity index (χ2n) is 18.4. The largest absolute Gasteiger partial charge is 0.444 e. The number of rotatable bonds is 18. The fourth-order valence-corrected chi connectivity index (χ4v) is 7.09. The number of unbranched alkanes of at least 4 members (excludes halogenated alkanes) is 2. The van der Waals surface area contributed by atoms with Gasteiger partial charge in [0.15, 0.2) is 0 Å². The van der Waals surface area contributed by atoms with Crippen molar-refractivity contribution in [3.05, 3.63) is 155 Å². The van der Waals surface area contributed by atoms with Crippen LogP contribution in [0.2, 0.25) is 0 Å². The van der Waals surface area contributed by atoms with Crippen molar-refractivity contribution in [2.45, 2.75) is 103 Å². The number of ether oxygens (including phenoxy) is 2.